The highest BCUT2D eigenvalue weighted by Gasteiger charge is 2.24. The number of thioether (sulfide) groups is 1. The van der Waals surface area contributed by atoms with Crippen LogP contribution in [-0.2, 0) is 18.4 Å². The number of carbonyl (C=O) groups is 1. The Kier molecular flexibility index (Phi) is 10.6. The highest BCUT2D eigenvalue weighted by atomic mass is 32.2. The second-order valence-electron chi connectivity index (χ2n) is 3.80. The molecule has 0 fully saturated rings. The zero-order valence-electron chi connectivity index (χ0n) is 11.8. The molecule has 0 amide bonds. The summed E-state index contributed by atoms with van der Waals surface area (Å²) in [5, 5.41) is 11.9. The Morgan fingerprint density at radius 3 is 2.37 bits per heavy atom. The van der Waals surface area contributed by atoms with E-state index in [0.29, 0.717) is 26.2 Å². The summed E-state index contributed by atoms with van der Waals surface area (Å²) in [6, 6.07) is -0.621. The van der Waals surface area contributed by atoms with Gasteiger partial charge in [0.15, 0.2) is 0 Å². The Labute approximate surface area is 119 Å². The van der Waals surface area contributed by atoms with E-state index in [0.717, 1.165) is 5.75 Å². The van der Waals surface area contributed by atoms with Gasteiger partial charge in [0.05, 0.1) is 19.4 Å². The van der Waals surface area contributed by atoms with E-state index < -0.39 is 19.6 Å². The lowest BCUT2D eigenvalue weighted by molar-refractivity contribution is -0.139. The van der Waals surface area contributed by atoms with Crippen molar-refractivity contribution >= 4 is 25.3 Å². The van der Waals surface area contributed by atoms with Crippen molar-refractivity contribution < 1.29 is 23.5 Å². The lowest BCUT2D eigenvalue weighted by Gasteiger charge is -2.19. The molecule has 0 heterocycles. The van der Waals surface area contributed by atoms with Gasteiger partial charge in [-0.2, -0.15) is 11.8 Å². The maximum atomic E-state index is 12.1. The van der Waals surface area contributed by atoms with Gasteiger partial charge in [-0.1, -0.05) is 0 Å². The molecule has 0 unspecified atom stereocenters. The molecule has 0 bridgehead atoms. The molecule has 0 aliphatic rings. The van der Waals surface area contributed by atoms with Crippen LogP contribution in [0.25, 0.3) is 0 Å². The normalized spacial score (nSPS) is 13.4. The molecular formula is C11H24NO5PS. The molecule has 0 rings (SSSR count). The van der Waals surface area contributed by atoms with Gasteiger partial charge in [-0.15, -0.1) is 0 Å². The fourth-order valence-electron chi connectivity index (χ4n) is 1.48. The molecule has 0 radical (unpaired) electrons. The van der Waals surface area contributed by atoms with Crippen molar-refractivity contribution in [1.82, 2.24) is 5.32 Å². The zero-order chi connectivity index (χ0) is 14.7. The predicted molar refractivity (Wildman–Crippen MR) is 78.2 cm³/mol. The molecule has 0 aliphatic carbocycles. The zero-order valence-corrected chi connectivity index (χ0v) is 13.5. The second-order valence-corrected chi connectivity index (χ2v) is 6.97. The number of aliphatic carboxylic acids is 1. The molecular weight excluding hydrogens is 289 g/mol. The van der Waals surface area contributed by atoms with Gasteiger partial charge in [-0.25, -0.2) is 0 Å². The molecule has 0 aromatic heterocycles. The minimum absolute atomic E-state index is 0.178. The maximum Gasteiger partial charge on any atom is 0.331 e. The average Bonchev–Trinajstić information content (AvgIpc) is 2.33. The van der Waals surface area contributed by atoms with Crippen molar-refractivity contribution in [2.75, 3.05) is 37.9 Å². The van der Waals surface area contributed by atoms with Gasteiger partial charge in [0.25, 0.3) is 0 Å². The van der Waals surface area contributed by atoms with E-state index in [-0.39, 0.29) is 6.16 Å². The molecule has 8 heteroatoms. The fourth-order valence-corrected chi connectivity index (χ4v) is 3.48. The quantitative estimate of drug-likeness (QED) is 0.533. The van der Waals surface area contributed by atoms with Crippen LogP contribution in [0.2, 0.25) is 0 Å². The highest BCUT2D eigenvalue weighted by molar-refractivity contribution is 7.98. The number of hydrogen-bond donors (Lipinski definition) is 2. The summed E-state index contributed by atoms with van der Waals surface area (Å²) < 4.78 is 22.4. The molecule has 0 spiro atoms. The predicted octanol–water partition coefficient (Wildman–Crippen LogP) is 2.05. The van der Waals surface area contributed by atoms with Crippen molar-refractivity contribution in [2.24, 2.45) is 0 Å². The summed E-state index contributed by atoms with van der Waals surface area (Å²) in [5.74, 6) is -0.129. The van der Waals surface area contributed by atoms with Crippen molar-refractivity contribution in [3.05, 3.63) is 0 Å². The van der Waals surface area contributed by atoms with Gasteiger partial charge in [0, 0.05) is 6.54 Å². The Morgan fingerprint density at radius 1 is 1.37 bits per heavy atom. The van der Waals surface area contributed by atoms with E-state index in [4.69, 9.17) is 14.2 Å². The van der Waals surface area contributed by atoms with E-state index in [1.54, 1.807) is 25.6 Å². The monoisotopic (exact) mass is 313 g/mol. The molecule has 6 nitrogen and oxygen atoms in total. The molecule has 2 N–H and O–H groups in total. The largest absolute Gasteiger partial charge is 0.480 e. The summed E-state index contributed by atoms with van der Waals surface area (Å²) in [6.45, 7) is 4.41. The highest BCUT2D eigenvalue weighted by Crippen LogP contribution is 2.47. The minimum Gasteiger partial charge on any atom is -0.480 e. The minimum atomic E-state index is -3.09. The van der Waals surface area contributed by atoms with Gasteiger partial charge in [-0.05, 0) is 32.3 Å². The van der Waals surface area contributed by atoms with Crippen molar-refractivity contribution in [3.63, 3.8) is 0 Å². The van der Waals surface area contributed by atoms with Crippen LogP contribution >= 0.6 is 19.4 Å². The second kappa shape index (κ2) is 10.7. The SMILES string of the molecule is CCOP(=O)(CCN[C@@H](CCSC)C(=O)O)OCC. The lowest BCUT2D eigenvalue weighted by atomic mass is 10.2. The number of nitrogens with one attached hydrogen (secondary N) is 1. The Morgan fingerprint density at radius 2 is 1.95 bits per heavy atom. The summed E-state index contributed by atoms with van der Waals surface area (Å²) in [7, 11) is -3.09. The van der Waals surface area contributed by atoms with Gasteiger partial charge in [0.2, 0.25) is 0 Å². The van der Waals surface area contributed by atoms with Crippen LogP contribution in [0.3, 0.4) is 0 Å². The van der Waals surface area contributed by atoms with Crippen LogP contribution in [-0.4, -0.2) is 55.0 Å². The maximum absolute atomic E-state index is 12.1. The van der Waals surface area contributed by atoms with Crippen molar-refractivity contribution in [2.45, 2.75) is 26.3 Å². The van der Waals surface area contributed by atoms with Crippen LogP contribution < -0.4 is 5.32 Å². The summed E-state index contributed by atoms with van der Waals surface area (Å²) >= 11 is 1.60. The number of hydrogen-bond acceptors (Lipinski definition) is 6. The number of carboxylic acids is 1. The van der Waals surface area contributed by atoms with E-state index in [2.05, 4.69) is 5.32 Å². The molecule has 114 valence electrons. The molecule has 0 aromatic carbocycles. The van der Waals surface area contributed by atoms with Gasteiger partial charge in [-0.3, -0.25) is 9.36 Å². The summed E-state index contributed by atoms with van der Waals surface area (Å²) in [5.41, 5.74) is 0. The Balaban J connectivity index is 4.20. The van der Waals surface area contributed by atoms with Crippen molar-refractivity contribution in [3.8, 4) is 0 Å². The Bertz CT molecular complexity index is 293. The summed E-state index contributed by atoms with van der Waals surface area (Å²) in [4.78, 5) is 11.0. The third kappa shape index (κ3) is 8.65. The van der Waals surface area contributed by atoms with Crippen LogP contribution in [0.15, 0.2) is 0 Å². The Hall–Kier alpha value is -0.0700. The van der Waals surface area contributed by atoms with Gasteiger partial charge < -0.3 is 19.5 Å². The van der Waals surface area contributed by atoms with Crippen LogP contribution in [0.4, 0.5) is 0 Å². The third-order valence-corrected chi connectivity index (χ3v) is 5.06. The van der Waals surface area contributed by atoms with Crippen LogP contribution in [0, 0.1) is 0 Å². The standard InChI is InChI=1S/C11H24NO5PS/c1-4-16-18(15,17-5-2)8-7-12-10(11(13)14)6-9-19-3/h10,12H,4-9H2,1-3H3,(H,13,14)/t10-/m0/s1. The molecule has 19 heavy (non-hydrogen) atoms. The fraction of sp³-hybridized carbons (Fsp3) is 0.909. The lowest BCUT2D eigenvalue weighted by Crippen LogP contribution is -2.38. The van der Waals surface area contributed by atoms with Gasteiger partial charge in [0.1, 0.15) is 6.04 Å². The smallest absolute Gasteiger partial charge is 0.331 e. The molecule has 0 aromatic rings. The average molecular weight is 313 g/mol. The summed E-state index contributed by atoms with van der Waals surface area (Å²) in [6.07, 6.45) is 2.64. The first kappa shape index (κ1) is 18.9. The molecule has 1 atom stereocenters. The topological polar surface area (TPSA) is 84.9 Å². The first-order valence-corrected chi connectivity index (χ1v) is 9.44. The van der Waals surface area contributed by atoms with E-state index in [9.17, 15) is 9.36 Å². The number of carboxylic acid groups (broad SMARTS) is 1. The van der Waals surface area contributed by atoms with Gasteiger partial charge >= 0.3 is 13.6 Å². The van der Waals surface area contributed by atoms with E-state index >= 15 is 0 Å². The van der Waals surface area contributed by atoms with E-state index in [1.165, 1.54) is 0 Å². The van der Waals surface area contributed by atoms with Crippen LogP contribution in [0.5, 0.6) is 0 Å². The first-order chi connectivity index (χ1) is 8.99. The molecule has 0 aliphatic heterocycles. The first-order valence-electron chi connectivity index (χ1n) is 6.32. The molecule has 0 saturated carbocycles. The number of rotatable bonds is 12. The third-order valence-electron chi connectivity index (χ3n) is 2.34. The van der Waals surface area contributed by atoms with Crippen LogP contribution in [0.1, 0.15) is 20.3 Å². The van der Waals surface area contributed by atoms with E-state index in [1.807, 2.05) is 6.26 Å². The molecule has 0 saturated heterocycles. The van der Waals surface area contributed by atoms with Crippen molar-refractivity contribution in [1.29, 1.82) is 0 Å².